The van der Waals surface area contributed by atoms with Gasteiger partial charge in [0.05, 0.1) is 6.10 Å². The third-order valence-corrected chi connectivity index (χ3v) is 2.12. The van der Waals surface area contributed by atoms with Crippen LogP contribution in [0.5, 0.6) is 0 Å². The molecule has 0 aliphatic heterocycles. The Hall–Kier alpha value is -1.08. The molecule has 0 heterocycles. The van der Waals surface area contributed by atoms with Crippen LogP contribution in [0.2, 0.25) is 0 Å². The van der Waals surface area contributed by atoms with E-state index in [2.05, 4.69) is 6.58 Å². The molecule has 0 bridgehead atoms. The average Bonchev–Trinajstić information content (AvgIpc) is 2.15. The standard InChI is InChI=1S/C13H20O/c1-6-10(3)8-11(4)9-13(14)12(5)7-2/h6-9,13-14H,1H2,2-5H3/b10-8-,11-9-,12-7?. The molecule has 0 saturated carbocycles. The lowest BCUT2D eigenvalue weighted by Gasteiger charge is -2.06. The molecular weight excluding hydrogens is 172 g/mol. The number of rotatable bonds is 4. The lowest BCUT2D eigenvalue weighted by molar-refractivity contribution is 0.258. The number of hydrogen-bond donors (Lipinski definition) is 1. The van der Waals surface area contributed by atoms with Crippen molar-refractivity contribution in [1.29, 1.82) is 0 Å². The fourth-order valence-corrected chi connectivity index (χ4v) is 1.02. The van der Waals surface area contributed by atoms with E-state index in [-0.39, 0.29) is 0 Å². The SMILES string of the molecule is C=C/C(C)=C\C(C)=C/C(O)C(C)=CC. The Morgan fingerprint density at radius 2 is 1.79 bits per heavy atom. The van der Waals surface area contributed by atoms with Crippen LogP contribution < -0.4 is 0 Å². The van der Waals surface area contributed by atoms with E-state index in [0.717, 1.165) is 16.7 Å². The zero-order valence-corrected chi connectivity index (χ0v) is 9.54. The van der Waals surface area contributed by atoms with Crippen LogP contribution in [0, 0.1) is 0 Å². The summed E-state index contributed by atoms with van der Waals surface area (Å²) in [7, 11) is 0. The molecule has 1 N–H and O–H groups in total. The van der Waals surface area contributed by atoms with E-state index >= 15 is 0 Å². The summed E-state index contributed by atoms with van der Waals surface area (Å²) < 4.78 is 0. The van der Waals surface area contributed by atoms with E-state index in [4.69, 9.17) is 0 Å². The number of aliphatic hydroxyl groups excluding tert-OH is 1. The summed E-state index contributed by atoms with van der Waals surface area (Å²) in [5, 5.41) is 9.67. The van der Waals surface area contributed by atoms with Crippen molar-refractivity contribution >= 4 is 0 Å². The molecule has 0 fully saturated rings. The highest BCUT2D eigenvalue weighted by Crippen LogP contribution is 2.08. The Labute approximate surface area is 87.2 Å². The van der Waals surface area contributed by atoms with Gasteiger partial charge < -0.3 is 5.11 Å². The lowest BCUT2D eigenvalue weighted by atomic mass is 10.1. The third-order valence-electron chi connectivity index (χ3n) is 2.12. The first-order valence-corrected chi connectivity index (χ1v) is 4.81. The molecule has 78 valence electrons. The normalized spacial score (nSPS) is 16.8. The van der Waals surface area contributed by atoms with E-state index in [1.165, 1.54) is 0 Å². The fraction of sp³-hybridized carbons (Fsp3) is 0.385. The van der Waals surface area contributed by atoms with Crippen molar-refractivity contribution < 1.29 is 5.11 Å². The Kier molecular flexibility index (Phi) is 5.89. The van der Waals surface area contributed by atoms with Crippen LogP contribution in [-0.4, -0.2) is 11.2 Å². The molecule has 1 atom stereocenters. The first-order chi connectivity index (χ1) is 6.51. The first-order valence-electron chi connectivity index (χ1n) is 4.81. The molecule has 1 unspecified atom stereocenters. The zero-order chi connectivity index (χ0) is 11.1. The van der Waals surface area contributed by atoms with Crippen LogP contribution in [0.25, 0.3) is 0 Å². The van der Waals surface area contributed by atoms with Gasteiger partial charge in [-0.25, -0.2) is 0 Å². The second kappa shape index (κ2) is 6.39. The number of aliphatic hydroxyl groups is 1. The highest BCUT2D eigenvalue weighted by molar-refractivity contribution is 5.29. The van der Waals surface area contributed by atoms with E-state index in [1.807, 2.05) is 45.9 Å². The molecule has 14 heavy (non-hydrogen) atoms. The van der Waals surface area contributed by atoms with Crippen LogP contribution in [0.15, 0.2) is 47.6 Å². The van der Waals surface area contributed by atoms with Crippen LogP contribution in [-0.2, 0) is 0 Å². The van der Waals surface area contributed by atoms with Crippen LogP contribution in [0.4, 0.5) is 0 Å². The van der Waals surface area contributed by atoms with Crippen molar-refractivity contribution in [3.8, 4) is 0 Å². The van der Waals surface area contributed by atoms with Gasteiger partial charge in [-0.1, -0.05) is 36.0 Å². The monoisotopic (exact) mass is 192 g/mol. The Morgan fingerprint density at radius 3 is 2.21 bits per heavy atom. The van der Waals surface area contributed by atoms with Crippen LogP contribution >= 0.6 is 0 Å². The minimum atomic E-state index is -0.478. The van der Waals surface area contributed by atoms with E-state index < -0.39 is 6.10 Å². The minimum Gasteiger partial charge on any atom is -0.385 e. The van der Waals surface area contributed by atoms with Crippen molar-refractivity contribution in [3.05, 3.63) is 47.6 Å². The van der Waals surface area contributed by atoms with Crippen molar-refractivity contribution in [2.24, 2.45) is 0 Å². The van der Waals surface area contributed by atoms with Crippen molar-refractivity contribution in [1.82, 2.24) is 0 Å². The maximum Gasteiger partial charge on any atom is 0.0934 e. The first kappa shape index (κ1) is 12.9. The van der Waals surface area contributed by atoms with Crippen molar-refractivity contribution in [2.45, 2.75) is 33.8 Å². The third kappa shape index (κ3) is 4.83. The summed E-state index contributed by atoms with van der Waals surface area (Å²) in [6, 6.07) is 0. The molecule has 0 aliphatic carbocycles. The second-order valence-electron chi connectivity index (χ2n) is 3.48. The number of hydrogen-bond acceptors (Lipinski definition) is 1. The van der Waals surface area contributed by atoms with E-state index in [0.29, 0.717) is 0 Å². The molecule has 0 aliphatic rings. The highest BCUT2D eigenvalue weighted by atomic mass is 16.3. The maximum atomic E-state index is 9.67. The molecule has 0 spiro atoms. The number of allylic oxidation sites excluding steroid dienone is 5. The van der Waals surface area contributed by atoms with Gasteiger partial charge in [-0.05, 0) is 39.3 Å². The van der Waals surface area contributed by atoms with Gasteiger partial charge in [-0.3, -0.25) is 0 Å². The molecule has 0 saturated heterocycles. The van der Waals surface area contributed by atoms with Gasteiger partial charge in [0.2, 0.25) is 0 Å². The summed E-state index contributed by atoms with van der Waals surface area (Å²) in [4.78, 5) is 0. The largest absolute Gasteiger partial charge is 0.385 e. The maximum absolute atomic E-state index is 9.67. The average molecular weight is 192 g/mol. The molecule has 1 nitrogen and oxygen atoms in total. The predicted octanol–water partition coefficient (Wildman–Crippen LogP) is 3.39. The quantitative estimate of drug-likeness (QED) is 0.534. The lowest BCUT2D eigenvalue weighted by Crippen LogP contribution is -2.04. The molecule has 0 rings (SSSR count). The van der Waals surface area contributed by atoms with Gasteiger partial charge in [-0.2, -0.15) is 0 Å². The van der Waals surface area contributed by atoms with Crippen LogP contribution in [0.1, 0.15) is 27.7 Å². The summed E-state index contributed by atoms with van der Waals surface area (Å²) in [5.41, 5.74) is 3.12. The van der Waals surface area contributed by atoms with Gasteiger partial charge in [0.15, 0.2) is 0 Å². The van der Waals surface area contributed by atoms with Gasteiger partial charge >= 0.3 is 0 Å². The van der Waals surface area contributed by atoms with E-state index in [9.17, 15) is 5.11 Å². The summed E-state index contributed by atoms with van der Waals surface area (Å²) in [5.74, 6) is 0. The van der Waals surface area contributed by atoms with Crippen molar-refractivity contribution in [2.75, 3.05) is 0 Å². The Balaban J connectivity index is 4.60. The summed E-state index contributed by atoms with van der Waals surface area (Å²) in [6.07, 6.45) is 7.07. The van der Waals surface area contributed by atoms with Gasteiger partial charge in [-0.15, -0.1) is 0 Å². The molecule has 0 aromatic rings. The predicted molar refractivity (Wildman–Crippen MR) is 63.1 cm³/mol. The smallest absolute Gasteiger partial charge is 0.0934 e. The fourth-order valence-electron chi connectivity index (χ4n) is 1.02. The van der Waals surface area contributed by atoms with Crippen molar-refractivity contribution in [3.63, 3.8) is 0 Å². The molecular formula is C13H20O. The summed E-state index contributed by atoms with van der Waals surface area (Å²) in [6.45, 7) is 11.5. The molecule has 0 amide bonds. The summed E-state index contributed by atoms with van der Waals surface area (Å²) >= 11 is 0. The molecule has 0 radical (unpaired) electrons. The minimum absolute atomic E-state index is 0.478. The van der Waals surface area contributed by atoms with Crippen LogP contribution in [0.3, 0.4) is 0 Å². The van der Waals surface area contributed by atoms with Gasteiger partial charge in [0.1, 0.15) is 0 Å². The van der Waals surface area contributed by atoms with Gasteiger partial charge in [0.25, 0.3) is 0 Å². The van der Waals surface area contributed by atoms with Gasteiger partial charge in [0, 0.05) is 0 Å². The second-order valence-corrected chi connectivity index (χ2v) is 3.48. The molecule has 1 heteroatoms. The Morgan fingerprint density at radius 1 is 1.21 bits per heavy atom. The zero-order valence-electron chi connectivity index (χ0n) is 9.54. The molecule has 0 aromatic carbocycles. The highest BCUT2D eigenvalue weighted by Gasteiger charge is 2.00. The van der Waals surface area contributed by atoms with E-state index in [1.54, 1.807) is 6.08 Å². The topological polar surface area (TPSA) is 20.2 Å². The Bertz CT molecular complexity index is 280. The molecule has 0 aromatic heterocycles.